The first-order valence-electron chi connectivity index (χ1n) is 7.58. The largest absolute Gasteiger partial charge is 0.480 e. The van der Waals surface area contributed by atoms with Crippen LogP contribution >= 0.6 is 27.5 Å². The van der Waals surface area contributed by atoms with E-state index in [1.165, 1.54) is 11.6 Å². The highest BCUT2D eigenvalue weighted by Crippen LogP contribution is 2.49. The molecule has 2 heterocycles. The van der Waals surface area contributed by atoms with Crippen molar-refractivity contribution in [2.24, 2.45) is 0 Å². The first-order valence-corrected chi connectivity index (χ1v) is 8.75. The molecule has 2 unspecified atom stereocenters. The maximum absolute atomic E-state index is 13.9. The van der Waals surface area contributed by atoms with E-state index in [9.17, 15) is 4.39 Å². The molecule has 0 aromatic heterocycles. The predicted molar refractivity (Wildman–Crippen MR) is 89.0 cm³/mol. The van der Waals surface area contributed by atoms with Crippen molar-refractivity contribution in [3.8, 4) is 5.75 Å². The maximum atomic E-state index is 13.9. The number of halogens is 3. The summed E-state index contributed by atoms with van der Waals surface area (Å²) in [6.45, 7) is 0.999. The predicted octanol–water partition coefficient (Wildman–Crippen LogP) is 4.55. The van der Waals surface area contributed by atoms with Crippen LogP contribution in [0.3, 0.4) is 0 Å². The van der Waals surface area contributed by atoms with Crippen molar-refractivity contribution in [1.82, 2.24) is 5.32 Å². The molecule has 5 heteroatoms. The molecule has 1 aromatic rings. The second kappa shape index (κ2) is 5.36. The Labute approximate surface area is 142 Å². The molecule has 1 fully saturated rings. The van der Waals surface area contributed by atoms with E-state index in [1.807, 2.05) is 0 Å². The molecule has 22 heavy (non-hydrogen) atoms. The van der Waals surface area contributed by atoms with Crippen molar-refractivity contribution in [3.05, 3.63) is 50.7 Å². The molecular formula is C17H16BrClFNO. The average molecular weight is 385 g/mol. The third kappa shape index (κ3) is 2.08. The van der Waals surface area contributed by atoms with Crippen molar-refractivity contribution < 1.29 is 9.13 Å². The molecule has 0 bridgehead atoms. The monoisotopic (exact) mass is 383 g/mol. The Morgan fingerprint density at radius 1 is 1.41 bits per heavy atom. The van der Waals surface area contributed by atoms with Crippen molar-refractivity contribution in [3.63, 3.8) is 0 Å². The molecule has 4 rings (SSSR count). The second-order valence-electron chi connectivity index (χ2n) is 6.07. The summed E-state index contributed by atoms with van der Waals surface area (Å²) >= 11 is 9.48. The standard InChI is InChI=1S/C17H16BrClFNO/c18-15-11-9-17(14-6-7-21-14,10-4-2-1-3-5-10)22-13(11)8-12(20)16(15)19/h2,4-5,8,14,21H,1,3,6-7,9H2. The zero-order chi connectivity index (χ0) is 15.3. The average Bonchev–Trinajstić information content (AvgIpc) is 2.84. The minimum Gasteiger partial charge on any atom is -0.480 e. The summed E-state index contributed by atoms with van der Waals surface area (Å²) in [5.74, 6) is 0.153. The fourth-order valence-electron chi connectivity index (χ4n) is 3.53. The Morgan fingerprint density at radius 3 is 2.86 bits per heavy atom. The Morgan fingerprint density at radius 2 is 2.23 bits per heavy atom. The number of benzene rings is 1. The molecule has 0 amide bonds. The lowest BCUT2D eigenvalue weighted by molar-refractivity contribution is 0.0589. The molecule has 1 aromatic carbocycles. The first kappa shape index (κ1) is 14.7. The van der Waals surface area contributed by atoms with Gasteiger partial charge in [-0.2, -0.15) is 0 Å². The van der Waals surface area contributed by atoms with E-state index in [0.717, 1.165) is 31.4 Å². The fraction of sp³-hybridized carbons (Fsp3) is 0.412. The smallest absolute Gasteiger partial charge is 0.153 e. The van der Waals surface area contributed by atoms with Crippen LogP contribution in [0, 0.1) is 5.82 Å². The van der Waals surface area contributed by atoms with E-state index in [-0.39, 0.29) is 11.1 Å². The van der Waals surface area contributed by atoms with E-state index in [2.05, 4.69) is 39.5 Å². The molecule has 2 nitrogen and oxygen atoms in total. The molecule has 0 spiro atoms. The molecule has 0 saturated carbocycles. The van der Waals surface area contributed by atoms with Gasteiger partial charge in [0.05, 0.1) is 11.1 Å². The van der Waals surface area contributed by atoms with Crippen molar-refractivity contribution in [2.75, 3.05) is 6.54 Å². The van der Waals surface area contributed by atoms with Crippen LogP contribution in [0.2, 0.25) is 5.02 Å². The van der Waals surface area contributed by atoms with Gasteiger partial charge >= 0.3 is 0 Å². The van der Waals surface area contributed by atoms with E-state index >= 15 is 0 Å². The molecule has 1 saturated heterocycles. The van der Waals surface area contributed by atoms with Crippen molar-refractivity contribution in [2.45, 2.75) is 37.3 Å². The number of rotatable bonds is 2. The summed E-state index contributed by atoms with van der Waals surface area (Å²) in [6.07, 6.45) is 10.4. The highest BCUT2D eigenvalue weighted by atomic mass is 79.9. The van der Waals surface area contributed by atoms with Gasteiger partial charge in [0.25, 0.3) is 0 Å². The number of ether oxygens (including phenoxy) is 1. The third-order valence-electron chi connectivity index (χ3n) is 4.82. The minimum absolute atomic E-state index is 0.132. The number of hydrogen-bond acceptors (Lipinski definition) is 2. The summed E-state index contributed by atoms with van der Waals surface area (Å²) in [5, 5.41) is 3.60. The quantitative estimate of drug-likeness (QED) is 0.755. The van der Waals surface area contributed by atoms with Gasteiger partial charge in [-0.3, -0.25) is 0 Å². The Hall–Kier alpha value is -0.840. The molecule has 116 valence electrons. The minimum atomic E-state index is -0.447. The number of nitrogens with one attached hydrogen (secondary N) is 1. The highest BCUT2D eigenvalue weighted by Gasteiger charge is 2.51. The molecular weight excluding hydrogens is 369 g/mol. The zero-order valence-corrected chi connectivity index (χ0v) is 14.3. The Kier molecular flexibility index (Phi) is 3.59. The van der Waals surface area contributed by atoms with Gasteiger partial charge in [-0.1, -0.05) is 29.8 Å². The highest BCUT2D eigenvalue weighted by molar-refractivity contribution is 9.10. The fourth-order valence-corrected chi connectivity index (χ4v) is 4.23. The van der Waals surface area contributed by atoms with E-state index in [1.54, 1.807) is 0 Å². The first-order chi connectivity index (χ1) is 10.6. The lowest BCUT2D eigenvalue weighted by Gasteiger charge is -2.44. The van der Waals surface area contributed by atoms with E-state index in [0.29, 0.717) is 16.6 Å². The topological polar surface area (TPSA) is 21.3 Å². The lowest BCUT2D eigenvalue weighted by Crippen LogP contribution is -2.62. The van der Waals surface area contributed by atoms with E-state index in [4.69, 9.17) is 16.3 Å². The summed E-state index contributed by atoms with van der Waals surface area (Å²) in [7, 11) is 0. The van der Waals surface area contributed by atoms with Gasteiger partial charge in [-0.05, 0) is 47.3 Å². The zero-order valence-electron chi connectivity index (χ0n) is 12.0. The van der Waals surface area contributed by atoms with Gasteiger partial charge in [-0.25, -0.2) is 4.39 Å². The van der Waals surface area contributed by atoms with Crippen LogP contribution in [0.15, 0.2) is 34.3 Å². The summed E-state index contributed by atoms with van der Waals surface area (Å²) in [5.41, 5.74) is 1.70. The van der Waals surface area contributed by atoms with Crippen molar-refractivity contribution in [1.29, 1.82) is 0 Å². The van der Waals surface area contributed by atoms with Crippen molar-refractivity contribution >= 4 is 27.5 Å². The number of fused-ring (bicyclic) bond motifs is 1. The molecule has 2 atom stereocenters. The van der Waals surface area contributed by atoms with Gasteiger partial charge < -0.3 is 10.1 Å². The SMILES string of the molecule is Fc1cc2c(c(Br)c1Cl)CC(C1=CCCC=C1)(C1CCN1)O2. The van der Waals surface area contributed by atoms with E-state index < -0.39 is 11.4 Å². The molecule has 1 N–H and O–H groups in total. The van der Waals surface area contributed by atoms with Gasteiger partial charge in [0.2, 0.25) is 0 Å². The number of hydrogen-bond donors (Lipinski definition) is 1. The molecule has 2 aliphatic heterocycles. The summed E-state index contributed by atoms with van der Waals surface area (Å²) in [6, 6.07) is 1.67. The summed E-state index contributed by atoms with van der Waals surface area (Å²) < 4.78 is 20.9. The second-order valence-corrected chi connectivity index (χ2v) is 7.24. The van der Waals surface area contributed by atoms with Gasteiger partial charge in [-0.15, -0.1) is 0 Å². The van der Waals surface area contributed by atoms with Crippen LogP contribution in [0.4, 0.5) is 4.39 Å². The lowest BCUT2D eigenvalue weighted by atomic mass is 9.76. The molecule has 1 aliphatic carbocycles. The normalized spacial score (nSPS) is 29.6. The van der Waals surface area contributed by atoms with Crippen LogP contribution in [0.5, 0.6) is 5.75 Å². The summed E-state index contributed by atoms with van der Waals surface area (Å²) in [4.78, 5) is 0. The van der Waals surface area contributed by atoms with Crippen LogP contribution < -0.4 is 10.1 Å². The Bertz CT molecular complexity index is 698. The van der Waals surface area contributed by atoms with Crippen LogP contribution in [-0.4, -0.2) is 18.2 Å². The van der Waals surface area contributed by atoms with Crippen LogP contribution in [0.25, 0.3) is 0 Å². The molecule has 0 radical (unpaired) electrons. The third-order valence-corrected chi connectivity index (χ3v) is 6.30. The Balaban J connectivity index is 1.80. The van der Waals surface area contributed by atoms with Gasteiger partial charge in [0.1, 0.15) is 11.6 Å². The van der Waals surface area contributed by atoms with Gasteiger partial charge in [0, 0.05) is 22.5 Å². The van der Waals surface area contributed by atoms with Gasteiger partial charge in [0.15, 0.2) is 5.60 Å². The molecule has 3 aliphatic rings. The van der Waals surface area contributed by atoms with Crippen LogP contribution in [-0.2, 0) is 6.42 Å². The maximum Gasteiger partial charge on any atom is 0.153 e. The number of allylic oxidation sites excluding steroid dienone is 2. The van der Waals surface area contributed by atoms with Crippen LogP contribution in [0.1, 0.15) is 24.8 Å².